The van der Waals surface area contributed by atoms with E-state index in [1.165, 1.54) is 20.3 Å². The molecule has 0 radical (unpaired) electrons. The summed E-state index contributed by atoms with van der Waals surface area (Å²) in [5, 5.41) is 13.9. The molecular weight excluding hydrogens is 324 g/mol. The number of carbonyl (C=O) groups excluding carboxylic acids is 1. The molecule has 2 aromatic rings. The number of methoxy groups -OCH3 is 2. The molecular formula is C18H20N2O5. The molecule has 0 bridgehead atoms. The van der Waals surface area contributed by atoms with Crippen LogP contribution in [0.5, 0.6) is 23.0 Å². The first-order chi connectivity index (χ1) is 12.0. The van der Waals surface area contributed by atoms with Gasteiger partial charge in [0.15, 0.2) is 18.1 Å². The highest BCUT2D eigenvalue weighted by Crippen LogP contribution is 2.25. The maximum Gasteiger partial charge on any atom is 0.277 e. The first-order valence-corrected chi connectivity index (χ1v) is 7.51. The third-order valence-corrected chi connectivity index (χ3v) is 3.37. The summed E-state index contributed by atoms with van der Waals surface area (Å²) >= 11 is 0. The van der Waals surface area contributed by atoms with Crippen LogP contribution in [0, 0.1) is 0 Å². The molecule has 0 aromatic heterocycles. The van der Waals surface area contributed by atoms with E-state index in [-0.39, 0.29) is 12.4 Å². The SMILES string of the molecule is COc1ccc(O)c(/C(C)=N/NC(=O)COc2ccccc2OC)c1. The standard InChI is InChI=1S/C18H20N2O5/c1-12(14-10-13(23-2)8-9-15(14)21)19-20-18(22)11-25-17-7-5-4-6-16(17)24-3/h4-10,21H,11H2,1-3H3,(H,20,22)/b19-12+. The quantitative estimate of drug-likeness (QED) is 0.594. The fourth-order valence-corrected chi connectivity index (χ4v) is 2.05. The lowest BCUT2D eigenvalue weighted by Gasteiger charge is -2.10. The van der Waals surface area contributed by atoms with Crippen molar-refractivity contribution in [1.82, 2.24) is 5.43 Å². The van der Waals surface area contributed by atoms with E-state index in [0.717, 1.165) is 0 Å². The second-order valence-electron chi connectivity index (χ2n) is 5.05. The number of rotatable bonds is 7. The summed E-state index contributed by atoms with van der Waals surface area (Å²) in [4.78, 5) is 11.9. The van der Waals surface area contributed by atoms with Crippen LogP contribution in [0.15, 0.2) is 47.6 Å². The lowest BCUT2D eigenvalue weighted by Crippen LogP contribution is -2.25. The van der Waals surface area contributed by atoms with E-state index in [2.05, 4.69) is 10.5 Å². The van der Waals surface area contributed by atoms with Gasteiger partial charge in [-0.25, -0.2) is 5.43 Å². The summed E-state index contributed by atoms with van der Waals surface area (Å²) in [6.07, 6.45) is 0. The monoisotopic (exact) mass is 344 g/mol. The number of aromatic hydroxyl groups is 1. The zero-order valence-electron chi connectivity index (χ0n) is 14.3. The molecule has 2 aromatic carbocycles. The molecule has 0 spiro atoms. The Labute approximate surface area is 145 Å². The van der Waals surface area contributed by atoms with Crippen LogP contribution in [-0.4, -0.2) is 37.6 Å². The van der Waals surface area contributed by atoms with Crippen molar-refractivity contribution in [3.05, 3.63) is 48.0 Å². The molecule has 7 heteroatoms. The van der Waals surface area contributed by atoms with E-state index in [0.29, 0.717) is 28.5 Å². The van der Waals surface area contributed by atoms with E-state index < -0.39 is 5.91 Å². The third kappa shape index (κ3) is 4.87. The number of hydrazone groups is 1. The summed E-state index contributed by atoms with van der Waals surface area (Å²) < 4.78 is 15.7. The summed E-state index contributed by atoms with van der Waals surface area (Å²) in [5.41, 5.74) is 3.28. The van der Waals surface area contributed by atoms with Crippen LogP contribution >= 0.6 is 0 Å². The number of para-hydroxylation sites is 2. The van der Waals surface area contributed by atoms with Crippen LogP contribution in [0.25, 0.3) is 0 Å². The molecule has 0 aliphatic rings. The Hall–Kier alpha value is -3.22. The Morgan fingerprint density at radius 1 is 1.12 bits per heavy atom. The van der Waals surface area contributed by atoms with Gasteiger partial charge < -0.3 is 19.3 Å². The highest BCUT2D eigenvalue weighted by molar-refractivity contribution is 6.01. The number of hydrogen-bond acceptors (Lipinski definition) is 6. The molecule has 0 aliphatic heterocycles. The van der Waals surface area contributed by atoms with Gasteiger partial charge in [-0.05, 0) is 37.3 Å². The van der Waals surface area contributed by atoms with E-state index in [1.54, 1.807) is 43.3 Å². The van der Waals surface area contributed by atoms with E-state index in [9.17, 15) is 9.90 Å². The van der Waals surface area contributed by atoms with Gasteiger partial charge in [0.05, 0.1) is 19.9 Å². The largest absolute Gasteiger partial charge is 0.507 e. The summed E-state index contributed by atoms with van der Waals surface area (Å²) in [5.74, 6) is 1.19. The Bertz CT molecular complexity index is 774. The minimum Gasteiger partial charge on any atom is -0.507 e. The maximum absolute atomic E-state index is 11.9. The molecule has 0 aliphatic carbocycles. The number of benzene rings is 2. The average molecular weight is 344 g/mol. The third-order valence-electron chi connectivity index (χ3n) is 3.37. The molecule has 0 unspecified atom stereocenters. The first kappa shape index (κ1) is 18.1. The molecule has 0 saturated heterocycles. The van der Waals surface area contributed by atoms with Crippen LogP contribution in [0.2, 0.25) is 0 Å². The summed E-state index contributed by atoms with van der Waals surface area (Å²) in [6.45, 7) is 1.44. The Kier molecular flexibility index (Phi) is 6.22. The highest BCUT2D eigenvalue weighted by Gasteiger charge is 2.09. The highest BCUT2D eigenvalue weighted by atomic mass is 16.5. The van der Waals surface area contributed by atoms with Gasteiger partial charge in [-0.15, -0.1) is 0 Å². The molecule has 1 amide bonds. The van der Waals surface area contributed by atoms with E-state index in [4.69, 9.17) is 14.2 Å². The van der Waals surface area contributed by atoms with Crippen molar-refractivity contribution in [2.45, 2.75) is 6.92 Å². The van der Waals surface area contributed by atoms with Crippen LogP contribution in [0.3, 0.4) is 0 Å². The number of phenolic OH excluding ortho intramolecular Hbond substituents is 1. The van der Waals surface area contributed by atoms with Crippen molar-refractivity contribution in [3.63, 3.8) is 0 Å². The fourth-order valence-electron chi connectivity index (χ4n) is 2.05. The molecule has 0 fully saturated rings. The van der Waals surface area contributed by atoms with Crippen LogP contribution < -0.4 is 19.6 Å². The van der Waals surface area contributed by atoms with Crippen molar-refractivity contribution >= 4 is 11.6 Å². The number of hydrogen-bond donors (Lipinski definition) is 2. The number of phenols is 1. The van der Waals surface area contributed by atoms with Crippen LogP contribution in [0.4, 0.5) is 0 Å². The lowest BCUT2D eigenvalue weighted by molar-refractivity contribution is -0.123. The minimum atomic E-state index is -0.437. The van der Waals surface area contributed by atoms with Gasteiger partial charge in [-0.1, -0.05) is 12.1 Å². The summed E-state index contributed by atoms with van der Waals surface area (Å²) in [7, 11) is 3.05. The van der Waals surface area contributed by atoms with Crippen LogP contribution in [-0.2, 0) is 4.79 Å². The number of amides is 1. The second kappa shape index (κ2) is 8.58. The Balaban J connectivity index is 1.97. The van der Waals surface area contributed by atoms with E-state index in [1.807, 2.05) is 0 Å². The van der Waals surface area contributed by atoms with Gasteiger partial charge in [0.2, 0.25) is 0 Å². The van der Waals surface area contributed by atoms with Crippen molar-refractivity contribution < 1.29 is 24.1 Å². The Morgan fingerprint density at radius 2 is 1.84 bits per heavy atom. The van der Waals surface area contributed by atoms with Gasteiger partial charge in [0.1, 0.15) is 11.5 Å². The molecule has 25 heavy (non-hydrogen) atoms. The predicted molar refractivity (Wildman–Crippen MR) is 93.5 cm³/mol. The lowest BCUT2D eigenvalue weighted by atomic mass is 10.1. The van der Waals surface area contributed by atoms with Crippen molar-refractivity contribution in [3.8, 4) is 23.0 Å². The minimum absolute atomic E-state index is 0.0431. The molecule has 7 nitrogen and oxygen atoms in total. The molecule has 2 rings (SSSR count). The molecule has 0 atom stereocenters. The van der Waals surface area contributed by atoms with Gasteiger partial charge in [0, 0.05) is 5.56 Å². The van der Waals surface area contributed by atoms with Gasteiger partial charge in [0.25, 0.3) is 5.91 Å². The Morgan fingerprint density at radius 3 is 2.52 bits per heavy atom. The molecule has 2 N–H and O–H groups in total. The normalized spacial score (nSPS) is 10.9. The van der Waals surface area contributed by atoms with Gasteiger partial charge in [-0.2, -0.15) is 5.10 Å². The number of ether oxygens (including phenoxy) is 3. The fraction of sp³-hybridized carbons (Fsp3) is 0.222. The second-order valence-corrected chi connectivity index (χ2v) is 5.05. The van der Waals surface area contributed by atoms with Crippen LogP contribution in [0.1, 0.15) is 12.5 Å². The predicted octanol–water partition coefficient (Wildman–Crippen LogP) is 2.33. The number of nitrogens with zero attached hydrogens (tertiary/aromatic N) is 1. The van der Waals surface area contributed by atoms with Crippen molar-refractivity contribution in [1.29, 1.82) is 0 Å². The smallest absolute Gasteiger partial charge is 0.277 e. The molecule has 0 heterocycles. The van der Waals surface area contributed by atoms with Gasteiger partial charge >= 0.3 is 0 Å². The topological polar surface area (TPSA) is 89.4 Å². The number of nitrogens with one attached hydrogen (secondary N) is 1. The maximum atomic E-state index is 11.9. The molecule has 132 valence electrons. The van der Waals surface area contributed by atoms with E-state index >= 15 is 0 Å². The van der Waals surface area contributed by atoms with Crippen molar-refractivity contribution in [2.75, 3.05) is 20.8 Å². The number of carbonyl (C=O) groups is 1. The van der Waals surface area contributed by atoms with Crippen molar-refractivity contribution in [2.24, 2.45) is 5.10 Å². The zero-order chi connectivity index (χ0) is 18.2. The van der Waals surface area contributed by atoms with Gasteiger partial charge in [-0.3, -0.25) is 4.79 Å². The average Bonchev–Trinajstić information content (AvgIpc) is 2.65. The zero-order valence-corrected chi connectivity index (χ0v) is 14.3. The first-order valence-electron chi connectivity index (χ1n) is 7.51. The summed E-state index contributed by atoms with van der Waals surface area (Å²) in [6, 6.07) is 11.8. The molecule has 0 saturated carbocycles.